The zero-order chi connectivity index (χ0) is 15.2. The van der Waals surface area contributed by atoms with Crippen molar-refractivity contribution in [3.05, 3.63) is 63.9 Å². The molecule has 0 aliphatic rings. The van der Waals surface area contributed by atoms with Gasteiger partial charge in [0.15, 0.2) is 0 Å². The summed E-state index contributed by atoms with van der Waals surface area (Å²) in [6.07, 6.45) is -0.647. The SMILES string of the molecule is COc1ccc(C(O)CNCc2cc(Br)ccc2F)cc1. The number of aliphatic hydroxyl groups excluding tert-OH is 1. The van der Waals surface area contributed by atoms with Crippen LogP contribution in [0, 0.1) is 5.82 Å². The van der Waals surface area contributed by atoms with Crippen LogP contribution < -0.4 is 10.1 Å². The molecule has 0 saturated heterocycles. The Labute approximate surface area is 131 Å². The third-order valence-corrected chi connectivity index (χ3v) is 3.65. The third kappa shape index (κ3) is 4.52. The second-order valence-corrected chi connectivity index (χ2v) is 5.57. The van der Waals surface area contributed by atoms with E-state index in [1.165, 1.54) is 6.07 Å². The summed E-state index contributed by atoms with van der Waals surface area (Å²) in [7, 11) is 1.60. The fourth-order valence-corrected chi connectivity index (χ4v) is 2.37. The molecule has 2 aromatic carbocycles. The lowest BCUT2D eigenvalue weighted by molar-refractivity contribution is 0.174. The van der Waals surface area contributed by atoms with Gasteiger partial charge < -0.3 is 15.2 Å². The number of methoxy groups -OCH3 is 1. The molecule has 0 heterocycles. The van der Waals surface area contributed by atoms with Gasteiger partial charge in [0.05, 0.1) is 13.2 Å². The molecule has 3 nitrogen and oxygen atoms in total. The molecule has 0 amide bonds. The molecule has 1 atom stereocenters. The summed E-state index contributed by atoms with van der Waals surface area (Å²) < 4.78 is 19.5. The molecule has 0 radical (unpaired) electrons. The molecule has 112 valence electrons. The lowest BCUT2D eigenvalue weighted by atomic mass is 10.1. The van der Waals surface area contributed by atoms with Crippen molar-refractivity contribution in [3.63, 3.8) is 0 Å². The van der Waals surface area contributed by atoms with Crippen LogP contribution >= 0.6 is 15.9 Å². The van der Waals surface area contributed by atoms with E-state index in [9.17, 15) is 9.50 Å². The molecule has 0 aliphatic heterocycles. The number of rotatable bonds is 6. The van der Waals surface area contributed by atoms with E-state index in [0.29, 0.717) is 18.7 Å². The Bertz CT molecular complexity index is 589. The van der Waals surface area contributed by atoms with Crippen molar-refractivity contribution < 1.29 is 14.2 Å². The first-order valence-electron chi connectivity index (χ1n) is 6.57. The maximum absolute atomic E-state index is 13.6. The van der Waals surface area contributed by atoms with Crippen molar-refractivity contribution in [1.29, 1.82) is 0 Å². The van der Waals surface area contributed by atoms with Crippen LogP contribution in [0.25, 0.3) is 0 Å². The molecule has 5 heteroatoms. The molecular formula is C16H17BrFNO2. The van der Waals surface area contributed by atoms with Crippen LogP contribution in [0.2, 0.25) is 0 Å². The highest BCUT2D eigenvalue weighted by atomic mass is 79.9. The van der Waals surface area contributed by atoms with Gasteiger partial charge in [-0.3, -0.25) is 0 Å². The van der Waals surface area contributed by atoms with Crippen LogP contribution in [0.1, 0.15) is 17.2 Å². The van der Waals surface area contributed by atoms with E-state index < -0.39 is 6.10 Å². The highest BCUT2D eigenvalue weighted by molar-refractivity contribution is 9.10. The summed E-state index contributed by atoms with van der Waals surface area (Å²) in [6, 6.07) is 12.0. The highest BCUT2D eigenvalue weighted by Gasteiger charge is 2.08. The van der Waals surface area contributed by atoms with E-state index in [4.69, 9.17) is 4.74 Å². The van der Waals surface area contributed by atoms with E-state index in [1.54, 1.807) is 31.4 Å². The number of halogens is 2. The summed E-state index contributed by atoms with van der Waals surface area (Å²) in [5.74, 6) is 0.486. The average Bonchev–Trinajstić information content (AvgIpc) is 2.50. The van der Waals surface area contributed by atoms with E-state index >= 15 is 0 Å². The number of hydrogen-bond acceptors (Lipinski definition) is 3. The quantitative estimate of drug-likeness (QED) is 0.835. The van der Waals surface area contributed by atoms with Gasteiger partial charge in [0.2, 0.25) is 0 Å². The normalized spacial score (nSPS) is 12.2. The number of aliphatic hydroxyl groups is 1. The van der Waals surface area contributed by atoms with Crippen molar-refractivity contribution >= 4 is 15.9 Å². The monoisotopic (exact) mass is 353 g/mol. The molecule has 0 aliphatic carbocycles. The Morgan fingerprint density at radius 1 is 1.24 bits per heavy atom. The molecular weight excluding hydrogens is 337 g/mol. The van der Waals surface area contributed by atoms with Crippen LogP contribution in [0.15, 0.2) is 46.9 Å². The van der Waals surface area contributed by atoms with Gasteiger partial charge >= 0.3 is 0 Å². The molecule has 21 heavy (non-hydrogen) atoms. The molecule has 2 rings (SSSR count). The van der Waals surface area contributed by atoms with Gasteiger partial charge in [0, 0.05) is 23.1 Å². The summed E-state index contributed by atoms with van der Waals surface area (Å²) in [4.78, 5) is 0. The zero-order valence-corrected chi connectivity index (χ0v) is 13.2. The molecule has 0 saturated carbocycles. The molecule has 0 fully saturated rings. The van der Waals surface area contributed by atoms with Gasteiger partial charge in [-0.1, -0.05) is 28.1 Å². The minimum atomic E-state index is -0.647. The third-order valence-electron chi connectivity index (χ3n) is 3.16. The van der Waals surface area contributed by atoms with Gasteiger partial charge in [-0.2, -0.15) is 0 Å². The largest absolute Gasteiger partial charge is 0.497 e. The number of benzene rings is 2. The first kappa shape index (κ1) is 15.9. The predicted octanol–water partition coefficient (Wildman–Crippen LogP) is 3.42. The maximum Gasteiger partial charge on any atom is 0.127 e. The van der Waals surface area contributed by atoms with Gasteiger partial charge in [-0.05, 0) is 35.9 Å². The Morgan fingerprint density at radius 3 is 2.62 bits per heavy atom. The fraction of sp³-hybridized carbons (Fsp3) is 0.250. The molecule has 2 aromatic rings. The van der Waals surface area contributed by atoms with Crippen LogP contribution in [0.3, 0.4) is 0 Å². The van der Waals surface area contributed by atoms with Crippen LogP contribution in [0.5, 0.6) is 5.75 Å². The molecule has 0 spiro atoms. The topological polar surface area (TPSA) is 41.5 Å². The van der Waals surface area contributed by atoms with Crippen LogP contribution in [-0.4, -0.2) is 18.8 Å². The average molecular weight is 354 g/mol. The Balaban J connectivity index is 1.88. The van der Waals surface area contributed by atoms with Gasteiger partial charge in [-0.15, -0.1) is 0 Å². The van der Waals surface area contributed by atoms with Crippen molar-refractivity contribution in [2.24, 2.45) is 0 Å². The van der Waals surface area contributed by atoms with Crippen LogP contribution in [0.4, 0.5) is 4.39 Å². The summed E-state index contributed by atoms with van der Waals surface area (Å²) in [5, 5.41) is 13.1. The molecule has 0 bridgehead atoms. The zero-order valence-electron chi connectivity index (χ0n) is 11.6. The summed E-state index contributed by atoms with van der Waals surface area (Å²) >= 11 is 3.31. The van der Waals surface area contributed by atoms with Gasteiger partial charge in [0.1, 0.15) is 11.6 Å². The molecule has 0 aromatic heterocycles. The smallest absolute Gasteiger partial charge is 0.127 e. The van der Waals surface area contributed by atoms with E-state index in [0.717, 1.165) is 15.8 Å². The number of hydrogen-bond donors (Lipinski definition) is 2. The van der Waals surface area contributed by atoms with Crippen LogP contribution in [-0.2, 0) is 6.54 Å². The predicted molar refractivity (Wildman–Crippen MR) is 83.8 cm³/mol. The first-order chi connectivity index (χ1) is 10.1. The van der Waals surface area contributed by atoms with Crippen molar-refractivity contribution in [2.75, 3.05) is 13.7 Å². The van der Waals surface area contributed by atoms with E-state index in [-0.39, 0.29) is 5.82 Å². The summed E-state index contributed by atoms with van der Waals surface area (Å²) in [5.41, 5.74) is 1.35. The fourth-order valence-electron chi connectivity index (χ4n) is 1.97. The second-order valence-electron chi connectivity index (χ2n) is 4.66. The lowest BCUT2D eigenvalue weighted by Crippen LogP contribution is -2.21. The van der Waals surface area contributed by atoms with E-state index in [1.807, 2.05) is 12.1 Å². The second kappa shape index (κ2) is 7.54. The number of ether oxygens (including phenoxy) is 1. The highest BCUT2D eigenvalue weighted by Crippen LogP contribution is 2.18. The Hall–Kier alpha value is -1.43. The van der Waals surface area contributed by atoms with Crippen molar-refractivity contribution in [2.45, 2.75) is 12.6 Å². The molecule has 1 unspecified atom stereocenters. The number of nitrogens with one attached hydrogen (secondary N) is 1. The van der Waals surface area contributed by atoms with Gasteiger partial charge in [0.25, 0.3) is 0 Å². The Morgan fingerprint density at radius 2 is 1.95 bits per heavy atom. The standard InChI is InChI=1S/C16H17BrFNO2/c1-21-14-5-2-11(3-6-14)16(20)10-19-9-12-8-13(17)4-7-15(12)18/h2-8,16,19-20H,9-10H2,1H3. The van der Waals surface area contributed by atoms with E-state index in [2.05, 4.69) is 21.2 Å². The first-order valence-corrected chi connectivity index (χ1v) is 7.36. The lowest BCUT2D eigenvalue weighted by Gasteiger charge is -2.13. The maximum atomic E-state index is 13.6. The van der Waals surface area contributed by atoms with Crippen molar-refractivity contribution in [1.82, 2.24) is 5.32 Å². The minimum Gasteiger partial charge on any atom is -0.497 e. The van der Waals surface area contributed by atoms with Gasteiger partial charge in [-0.25, -0.2) is 4.39 Å². The minimum absolute atomic E-state index is 0.260. The molecule has 2 N–H and O–H groups in total. The van der Waals surface area contributed by atoms with Crippen molar-refractivity contribution in [3.8, 4) is 5.75 Å². The Kier molecular flexibility index (Phi) is 5.73. The summed E-state index contributed by atoms with van der Waals surface area (Å²) in [6.45, 7) is 0.705.